The van der Waals surface area contributed by atoms with Crippen LogP contribution in [-0.2, 0) is 11.3 Å². The first-order chi connectivity index (χ1) is 10.3. The number of halogens is 1. The maximum absolute atomic E-state index is 13.0. The average molecular weight is 323 g/mol. The van der Waals surface area contributed by atoms with Crippen LogP contribution in [0.2, 0.25) is 0 Å². The van der Waals surface area contributed by atoms with Gasteiger partial charge in [-0.3, -0.25) is 4.79 Å². The smallest absolute Gasteiger partial charge is 0.226 e. The topological polar surface area (TPSA) is 32.3 Å². The van der Waals surface area contributed by atoms with Crippen LogP contribution in [0, 0.1) is 11.8 Å². The van der Waals surface area contributed by atoms with Crippen LogP contribution in [0.3, 0.4) is 0 Å². The number of rotatable bonds is 5. The second-order valence-corrected chi connectivity index (χ2v) is 6.55. The molecular formula is C18H27ClN2O. The van der Waals surface area contributed by atoms with E-state index in [2.05, 4.69) is 41.4 Å². The molecule has 1 unspecified atom stereocenters. The monoisotopic (exact) mass is 322 g/mol. The van der Waals surface area contributed by atoms with Gasteiger partial charge in [-0.15, -0.1) is 12.4 Å². The van der Waals surface area contributed by atoms with Crippen molar-refractivity contribution in [2.75, 3.05) is 13.1 Å². The second-order valence-electron chi connectivity index (χ2n) is 6.55. The molecule has 2 fully saturated rings. The summed E-state index contributed by atoms with van der Waals surface area (Å²) in [6.45, 7) is 4.96. The predicted octanol–water partition coefficient (Wildman–Crippen LogP) is 3.24. The Morgan fingerprint density at radius 1 is 1.18 bits per heavy atom. The van der Waals surface area contributed by atoms with Crippen LogP contribution in [0.1, 0.15) is 38.2 Å². The molecule has 1 N–H and O–H groups in total. The van der Waals surface area contributed by atoms with Crippen LogP contribution in [-0.4, -0.2) is 29.9 Å². The van der Waals surface area contributed by atoms with Crippen LogP contribution in [0.4, 0.5) is 0 Å². The van der Waals surface area contributed by atoms with Gasteiger partial charge in [-0.05, 0) is 57.2 Å². The molecular weight excluding hydrogens is 296 g/mol. The first kappa shape index (κ1) is 17.3. The van der Waals surface area contributed by atoms with E-state index in [-0.39, 0.29) is 18.3 Å². The lowest BCUT2D eigenvalue weighted by molar-refractivity contribution is -0.139. The summed E-state index contributed by atoms with van der Waals surface area (Å²) in [5, 5.41) is 3.35. The Morgan fingerprint density at radius 2 is 1.82 bits per heavy atom. The van der Waals surface area contributed by atoms with Gasteiger partial charge < -0.3 is 10.2 Å². The Bertz CT molecular complexity index is 469. The molecule has 4 heteroatoms. The molecule has 0 radical (unpaired) electrons. The Kier molecular flexibility index (Phi) is 6.27. The highest BCUT2D eigenvalue weighted by Crippen LogP contribution is 2.36. The Labute approximate surface area is 139 Å². The molecule has 1 aromatic rings. The number of nitrogens with one attached hydrogen (secondary N) is 1. The molecule has 1 heterocycles. The molecule has 2 aliphatic rings. The molecule has 0 spiro atoms. The van der Waals surface area contributed by atoms with E-state index in [9.17, 15) is 4.79 Å². The molecule has 0 bridgehead atoms. The van der Waals surface area contributed by atoms with E-state index in [4.69, 9.17) is 0 Å². The first-order valence-electron chi connectivity index (χ1n) is 8.31. The Balaban J connectivity index is 0.00000176. The SMILES string of the molecule is CC(C1CC1)N(Cc1ccccc1)C(=O)C1CCNCC1.Cl. The van der Waals surface area contributed by atoms with Crippen molar-refractivity contribution in [3.05, 3.63) is 35.9 Å². The number of hydrogen-bond acceptors (Lipinski definition) is 2. The highest BCUT2D eigenvalue weighted by molar-refractivity contribution is 5.85. The highest BCUT2D eigenvalue weighted by Gasteiger charge is 2.36. The van der Waals surface area contributed by atoms with E-state index in [1.54, 1.807) is 0 Å². The largest absolute Gasteiger partial charge is 0.335 e. The predicted molar refractivity (Wildman–Crippen MR) is 92.0 cm³/mol. The van der Waals surface area contributed by atoms with Crippen molar-refractivity contribution in [1.82, 2.24) is 10.2 Å². The standard InChI is InChI=1S/C18H26N2O.ClH/c1-14(16-7-8-16)20(13-15-5-3-2-4-6-15)18(21)17-9-11-19-12-10-17;/h2-6,14,16-17,19H,7-13H2,1H3;1H. The zero-order valence-corrected chi connectivity index (χ0v) is 14.1. The van der Waals surface area contributed by atoms with E-state index in [1.807, 2.05) is 6.07 Å². The lowest BCUT2D eigenvalue weighted by atomic mass is 9.95. The van der Waals surface area contributed by atoms with Crippen molar-refractivity contribution in [2.24, 2.45) is 11.8 Å². The molecule has 3 rings (SSSR count). The molecule has 122 valence electrons. The van der Waals surface area contributed by atoms with Crippen LogP contribution < -0.4 is 5.32 Å². The van der Waals surface area contributed by atoms with Crippen molar-refractivity contribution >= 4 is 18.3 Å². The third-order valence-electron chi connectivity index (χ3n) is 4.96. The summed E-state index contributed by atoms with van der Waals surface area (Å²) >= 11 is 0. The fraction of sp³-hybridized carbons (Fsp3) is 0.611. The maximum Gasteiger partial charge on any atom is 0.226 e. The van der Waals surface area contributed by atoms with Gasteiger partial charge in [0.05, 0.1) is 0 Å². The lowest BCUT2D eigenvalue weighted by Gasteiger charge is -2.34. The van der Waals surface area contributed by atoms with E-state index >= 15 is 0 Å². The number of piperidine rings is 1. The number of hydrogen-bond donors (Lipinski definition) is 1. The highest BCUT2D eigenvalue weighted by atomic mass is 35.5. The number of amides is 1. The molecule has 1 atom stereocenters. The van der Waals surface area contributed by atoms with Crippen LogP contribution in [0.5, 0.6) is 0 Å². The van der Waals surface area contributed by atoms with Gasteiger partial charge >= 0.3 is 0 Å². The molecule has 1 saturated carbocycles. The zero-order valence-electron chi connectivity index (χ0n) is 13.3. The summed E-state index contributed by atoms with van der Waals surface area (Å²) < 4.78 is 0. The number of benzene rings is 1. The molecule has 0 aromatic heterocycles. The summed E-state index contributed by atoms with van der Waals surface area (Å²) in [4.78, 5) is 15.1. The molecule has 1 saturated heterocycles. The third kappa shape index (κ3) is 4.23. The maximum atomic E-state index is 13.0. The van der Waals surface area contributed by atoms with Gasteiger partial charge in [-0.2, -0.15) is 0 Å². The van der Waals surface area contributed by atoms with E-state index in [0.29, 0.717) is 11.9 Å². The Hall–Kier alpha value is -1.06. The van der Waals surface area contributed by atoms with Gasteiger partial charge in [0.2, 0.25) is 5.91 Å². The van der Waals surface area contributed by atoms with Crippen molar-refractivity contribution in [2.45, 2.75) is 45.2 Å². The summed E-state index contributed by atoms with van der Waals surface area (Å²) in [7, 11) is 0. The minimum Gasteiger partial charge on any atom is -0.335 e. The normalized spacial score (nSPS) is 20.0. The van der Waals surface area contributed by atoms with Crippen molar-refractivity contribution in [3.8, 4) is 0 Å². The van der Waals surface area contributed by atoms with Crippen LogP contribution >= 0.6 is 12.4 Å². The van der Waals surface area contributed by atoms with Gasteiger partial charge in [0, 0.05) is 18.5 Å². The van der Waals surface area contributed by atoms with Gasteiger partial charge in [0.15, 0.2) is 0 Å². The molecule has 1 aromatic carbocycles. The number of carbonyl (C=O) groups excluding carboxylic acids is 1. The molecule has 1 aliphatic heterocycles. The number of carbonyl (C=O) groups is 1. The molecule has 3 nitrogen and oxygen atoms in total. The quantitative estimate of drug-likeness (QED) is 0.902. The molecule has 22 heavy (non-hydrogen) atoms. The fourth-order valence-electron chi connectivity index (χ4n) is 3.34. The van der Waals surface area contributed by atoms with Gasteiger partial charge in [-0.25, -0.2) is 0 Å². The third-order valence-corrected chi connectivity index (χ3v) is 4.96. The van der Waals surface area contributed by atoms with Crippen molar-refractivity contribution < 1.29 is 4.79 Å². The average Bonchev–Trinajstić information content (AvgIpc) is 3.38. The zero-order chi connectivity index (χ0) is 14.7. The lowest BCUT2D eigenvalue weighted by Crippen LogP contribution is -2.45. The van der Waals surface area contributed by atoms with Crippen molar-refractivity contribution in [1.29, 1.82) is 0 Å². The van der Waals surface area contributed by atoms with Gasteiger partial charge in [0.1, 0.15) is 0 Å². The van der Waals surface area contributed by atoms with E-state index in [1.165, 1.54) is 18.4 Å². The summed E-state index contributed by atoms with van der Waals surface area (Å²) in [5.74, 6) is 1.32. The fourth-order valence-corrected chi connectivity index (χ4v) is 3.34. The minimum atomic E-state index is 0. The minimum absolute atomic E-state index is 0. The summed E-state index contributed by atoms with van der Waals surface area (Å²) in [5.41, 5.74) is 1.24. The van der Waals surface area contributed by atoms with E-state index in [0.717, 1.165) is 38.4 Å². The first-order valence-corrected chi connectivity index (χ1v) is 8.31. The van der Waals surface area contributed by atoms with Gasteiger partial charge in [-0.1, -0.05) is 30.3 Å². The van der Waals surface area contributed by atoms with Crippen LogP contribution in [0.25, 0.3) is 0 Å². The Morgan fingerprint density at radius 3 is 2.41 bits per heavy atom. The molecule has 1 amide bonds. The summed E-state index contributed by atoms with van der Waals surface area (Å²) in [6, 6.07) is 10.8. The van der Waals surface area contributed by atoms with Gasteiger partial charge in [0.25, 0.3) is 0 Å². The van der Waals surface area contributed by atoms with Crippen molar-refractivity contribution in [3.63, 3.8) is 0 Å². The number of nitrogens with zero attached hydrogens (tertiary/aromatic N) is 1. The summed E-state index contributed by atoms with van der Waals surface area (Å²) in [6.07, 6.45) is 4.54. The molecule has 1 aliphatic carbocycles. The van der Waals surface area contributed by atoms with E-state index < -0.39 is 0 Å². The van der Waals surface area contributed by atoms with Crippen LogP contribution in [0.15, 0.2) is 30.3 Å². The second kappa shape index (κ2) is 7.98.